The molecule has 0 aliphatic rings. The highest BCUT2D eigenvalue weighted by Crippen LogP contribution is 2.28. The molecule has 0 saturated carbocycles. The predicted molar refractivity (Wildman–Crippen MR) is 69.8 cm³/mol. The van der Waals surface area contributed by atoms with Crippen LogP contribution in [0.2, 0.25) is 5.02 Å². The smallest absolute Gasteiger partial charge is 0.288 e. The number of nitrogens with zero attached hydrogens (tertiary/aromatic N) is 3. The van der Waals surface area contributed by atoms with E-state index in [0.717, 1.165) is 0 Å². The number of halogens is 1. The Hall–Kier alpha value is -2.13. The Kier molecular flexibility index (Phi) is 4.84. The topological polar surface area (TPSA) is 87.2 Å². The molecule has 1 aromatic carbocycles. The van der Waals surface area contributed by atoms with Crippen LogP contribution in [-0.2, 0) is 0 Å². The van der Waals surface area contributed by atoms with Crippen LogP contribution < -0.4 is 0 Å². The van der Waals surface area contributed by atoms with Crippen molar-refractivity contribution in [3.8, 4) is 6.07 Å². The van der Waals surface area contributed by atoms with Crippen molar-refractivity contribution in [3.05, 3.63) is 38.9 Å². The third-order valence-electron chi connectivity index (χ3n) is 2.52. The molecule has 0 fully saturated rings. The van der Waals surface area contributed by atoms with Crippen molar-refractivity contribution in [2.75, 3.05) is 13.6 Å². The maximum atomic E-state index is 12.1. The minimum Gasteiger partial charge on any atom is -0.340 e. The normalized spacial score (nSPS) is 11.5. The van der Waals surface area contributed by atoms with Gasteiger partial charge in [-0.2, -0.15) is 5.26 Å². The number of nitro groups is 1. The summed E-state index contributed by atoms with van der Waals surface area (Å²) in [4.78, 5) is 23.5. The van der Waals surface area contributed by atoms with Crippen molar-refractivity contribution in [2.24, 2.45) is 5.92 Å². The second-order valence-corrected chi connectivity index (χ2v) is 4.49. The summed E-state index contributed by atoms with van der Waals surface area (Å²) >= 11 is 5.86. The molecule has 6 nitrogen and oxygen atoms in total. The number of hydrogen-bond donors (Lipinski definition) is 0. The third-order valence-corrected chi connectivity index (χ3v) is 2.92. The van der Waals surface area contributed by atoms with Gasteiger partial charge in [0.25, 0.3) is 11.6 Å². The van der Waals surface area contributed by atoms with Gasteiger partial charge in [-0.15, -0.1) is 0 Å². The first-order valence-electron chi connectivity index (χ1n) is 5.46. The van der Waals surface area contributed by atoms with Crippen LogP contribution in [0.15, 0.2) is 18.2 Å². The first-order chi connectivity index (χ1) is 8.88. The van der Waals surface area contributed by atoms with Gasteiger partial charge in [0.1, 0.15) is 5.02 Å². The lowest BCUT2D eigenvalue weighted by Gasteiger charge is -2.18. The van der Waals surface area contributed by atoms with Crippen LogP contribution in [0, 0.1) is 27.4 Å². The van der Waals surface area contributed by atoms with Gasteiger partial charge in [-0.3, -0.25) is 14.9 Å². The molecule has 19 heavy (non-hydrogen) atoms. The lowest BCUT2D eigenvalue weighted by Crippen LogP contribution is -2.30. The Balaban J connectivity index is 3.04. The van der Waals surface area contributed by atoms with E-state index >= 15 is 0 Å². The molecule has 0 radical (unpaired) electrons. The lowest BCUT2D eigenvalue weighted by atomic mass is 10.1. The van der Waals surface area contributed by atoms with Crippen molar-refractivity contribution in [1.82, 2.24) is 4.90 Å². The summed E-state index contributed by atoms with van der Waals surface area (Å²) in [6.45, 7) is 1.91. The molecule has 100 valence electrons. The number of nitro benzene ring substituents is 1. The fourth-order valence-electron chi connectivity index (χ4n) is 1.57. The summed E-state index contributed by atoms with van der Waals surface area (Å²) in [5.41, 5.74) is -0.252. The van der Waals surface area contributed by atoms with Gasteiger partial charge in [-0.25, -0.2) is 0 Å². The number of carbonyl (C=O) groups is 1. The molecular weight excluding hydrogens is 270 g/mol. The molecule has 0 saturated heterocycles. The Morgan fingerprint density at radius 2 is 2.26 bits per heavy atom. The number of nitriles is 1. The summed E-state index contributed by atoms with van der Waals surface area (Å²) in [5.74, 6) is -0.776. The van der Waals surface area contributed by atoms with Gasteiger partial charge in [-0.1, -0.05) is 17.7 Å². The summed E-state index contributed by atoms with van der Waals surface area (Å²) in [5, 5.41) is 19.3. The first kappa shape index (κ1) is 14.9. The fraction of sp³-hybridized carbons (Fsp3) is 0.333. The Bertz CT molecular complexity index is 554. The van der Waals surface area contributed by atoms with Crippen LogP contribution in [0.4, 0.5) is 5.69 Å². The van der Waals surface area contributed by atoms with E-state index in [9.17, 15) is 14.9 Å². The molecule has 1 rings (SSSR count). The molecular formula is C12H12ClN3O3. The summed E-state index contributed by atoms with van der Waals surface area (Å²) in [6, 6.07) is 6.07. The van der Waals surface area contributed by atoms with Crippen molar-refractivity contribution in [3.63, 3.8) is 0 Å². The monoisotopic (exact) mass is 281 g/mol. The third kappa shape index (κ3) is 3.42. The van der Waals surface area contributed by atoms with E-state index < -0.39 is 10.8 Å². The standard InChI is InChI=1S/C12H12ClN3O3/c1-8(6-14)7-15(2)12(17)9-4-3-5-10(11(9)13)16(18)19/h3-5,8H,7H2,1-2H3. The average Bonchev–Trinajstić information content (AvgIpc) is 2.37. The average molecular weight is 282 g/mol. The second kappa shape index (κ2) is 6.16. The zero-order valence-electron chi connectivity index (χ0n) is 10.5. The van der Waals surface area contributed by atoms with Crippen LogP contribution in [-0.4, -0.2) is 29.3 Å². The second-order valence-electron chi connectivity index (χ2n) is 4.11. The molecule has 1 amide bonds. The van der Waals surface area contributed by atoms with Crippen molar-refractivity contribution < 1.29 is 9.72 Å². The van der Waals surface area contributed by atoms with Crippen molar-refractivity contribution in [1.29, 1.82) is 5.26 Å². The number of rotatable bonds is 4. The maximum absolute atomic E-state index is 12.1. The van der Waals surface area contributed by atoms with Gasteiger partial charge in [0.05, 0.1) is 22.5 Å². The highest BCUT2D eigenvalue weighted by Gasteiger charge is 2.22. The van der Waals surface area contributed by atoms with Crippen LogP contribution in [0.1, 0.15) is 17.3 Å². The molecule has 1 aromatic rings. The van der Waals surface area contributed by atoms with Crippen molar-refractivity contribution in [2.45, 2.75) is 6.92 Å². The summed E-state index contributed by atoms with van der Waals surface area (Å²) in [7, 11) is 1.52. The highest BCUT2D eigenvalue weighted by atomic mass is 35.5. The summed E-state index contributed by atoms with van der Waals surface area (Å²) < 4.78 is 0. The largest absolute Gasteiger partial charge is 0.340 e. The summed E-state index contributed by atoms with van der Waals surface area (Å²) in [6.07, 6.45) is 0. The van der Waals surface area contributed by atoms with Crippen LogP contribution in [0.5, 0.6) is 0 Å². The molecule has 7 heteroatoms. The van der Waals surface area contributed by atoms with Gasteiger partial charge in [0, 0.05) is 19.7 Å². The lowest BCUT2D eigenvalue weighted by molar-refractivity contribution is -0.384. The Morgan fingerprint density at radius 1 is 1.63 bits per heavy atom. The van der Waals surface area contributed by atoms with Crippen LogP contribution in [0.25, 0.3) is 0 Å². The van der Waals surface area contributed by atoms with Gasteiger partial charge < -0.3 is 4.90 Å². The molecule has 0 heterocycles. The zero-order valence-corrected chi connectivity index (χ0v) is 11.2. The van der Waals surface area contributed by atoms with Crippen molar-refractivity contribution >= 4 is 23.2 Å². The number of carbonyl (C=O) groups excluding carboxylic acids is 1. The molecule has 0 aromatic heterocycles. The van der Waals surface area contributed by atoms with Gasteiger partial charge in [0.15, 0.2) is 0 Å². The van der Waals surface area contributed by atoms with Gasteiger partial charge >= 0.3 is 0 Å². The minimum atomic E-state index is -0.642. The van der Waals surface area contributed by atoms with E-state index in [2.05, 4.69) is 0 Å². The van der Waals surface area contributed by atoms with E-state index in [1.165, 1.54) is 30.1 Å². The quantitative estimate of drug-likeness (QED) is 0.626. The molecule has 0 N–H and O–H groups in total. The molecule has 0 aliphatic carbocycles. The molecule has 0 spiro atoms. The Labute approximate surface area is 115 Å². The number of benzene rings is 1. The highest BCUT2D eigenvalue weighted by molar-refractivity contribution is 6.35. The number of amides is 1. The molecule has 1 unspecified atom stereocenters. The fourth-order valence-corrected chi connectivity index (χ4v) is 1.84. The van der Waals surface area contributed by atoms with E-state index in [-0.39, 0.29) is 28.7 Å². The van der Waals surface area contributed by atoms with E-state index in [4.69, 9.17) is 16.9 Å². The zero-order chi connectivity index (χ0) is 14.6. The molecule has 1 atom stereocenters. The van der Waals surface area contributed by atoms with Gasteiger partial charge in [-0.05, 0) is 13.0 Å². The maximum Gasteiger partial charge on any atom is 0.288 e. The van der Waals surface area contributed by atoms with Gasteiger partial charge in [0.2, 0.25) is 0 Å². The number of hydrogen-bond acceptors (Lipinski definition) is 4. The first-order valence-corrected chi connectivity index (χ1v) is 5.84. The minimum absolute atomic E-state index is 0.0588. The Morgan fingerprint density at radius 3 is 2.79 bits per heavy atom. The van der Waals surface area contributed by atoms with E-state index in [0.29, 0.717) is 0 Å². The van der Waals surface area contributed by atoms with E-state index in [1.54, 1.807) is 6.92 Å². The SMILES string of the molecule is CC(C#N)CN(C)C(=O)c1cccc([N+](=O)[O-])c1Cl. The van der Waals surface area contributed by atoms with Crippen LogP contribution in [0.3, 0.4) is 0 Å². The van der Waals surface area contributed by atoms with Crippen LogP contribution >= 0.6 is 11.6 Å². The molecule has 0 aliphatic heterocycles. The van der Waals surface area contributed by atoms with E-state index in [1.807, 2.05) is 6.07 Å². The predicted octanol–water partition coefficient (Wildman–Crippen LogP) is 2.48. The molecule has 0 bridgehead atoms.